The molecule has 1 aromatic carbocycles. The van der Waals surface area contributed by atoms with Crippen LogP contribution in [-0.2, 0) is 9.47 Å². The van der Waals surface area contributed by atoms with Gasteiger partial charge in [-0.05, 0) is 38.1 Å². The number of hydrogen-bond acceptors (Lipinski definition) is 6. The molecule has 6 nitrogen and oxygen atoms in total. The van der Waals surface area contributed by atoms with Gasteiger partial charge >= 0.3 is 0 Å². The van der Waals surface area contributed by atoms with Crippen molar-refractivity contribution < 1.29 is 24.1 Å². The van der Waals surface area contributed by atoms with Crippen LogP contribution in [0.1, 0.15) is 24.2 Å². The van der Waals surface area contributed by atoms with Crippen LogP contribution in [0.2, 0.25) is 0 Å². The number of carbonyl (C=O) groups excluding carboxylic acids is 1. The average Bonchev–Trinajstić information content (AvgIpc) is 2.62. The summed E-state index contributed by atoms with van der Waals surface area (Å²) in [6, 6.07) is 7.20. The van der Waals surface area contributed by atoms with Gasteiger partial charge in [0, 0.05) is 18.7 Å². The van der Waals surface area contributed by atoms with E-state index in [1.165, 1.54) is 0 Å². The third-order valence-electron chi connectivity index (χ3n) is 4.21. The summed E-state index contributed by atoms with van der Waals surface area (Å²) in [5.74, 6) is 0.797. The van der Waals surface area contributed by atoms with Crippen molar-refractivity contribution in [3.05, 3.63) is 29.8 Å². The van der Waals surface area contributed by atoms with Crippen molar-refractivity contribution in [3.63, 3.8) is 0 Å². The first-order valence-electron chi connectivity index (χ1n) is 8.35. The number of nitrogens with zero attached hydrogens (tertiary/aromatic N) is 1. The quantitative estimate of drug-likeness (QED) is 0.542. The van der Waals surface area contributed by atoms with Crippen LogP contribution < -0.4 is 4.74 Å². The van der Waals surface area contributed by atoms with E-state index in [2.05, 4.69) is 4.90 Å². The zero-order chi connectivity index (χ0) is 17.4. The van der Waals surface area contributed by atoms with Gasteiger partial charge in [0.25, 0.3) is 0 Å². The molecule has 1 aromatic rings. The highest BCUT2D eigenvalue weighted by Gasteiger charge is 2.35. The number of ketones is 1. The maximum absolute atomic E-state index is 12.8. The van der Waals surface area contributed by atoms with Crippen LogP contribution in [0.15, 0.2) is 24.3 Å². The van der Waals surface area contributed by atoms with Gasteiger partial charge in [-0.3, -0.25) is 9.69 Å². The van der Waals surface area contributed by atoms with E-state index in [0.29, 0.717) is 44.3 Å². The second kappa shape index (κ2) is 9.13. The predicted molar refractivity (Wildman–Crippen MR) is 90.6 cm³/mol. The van der Waals surface area contributed by atoms with E-state index in [-0.39, 0.29) is 12.4 Å². The summed E-state index contributed by atoms with van der Waals surface area (Å²) in [5.41, 5.74) is 0.125. The molecule has 0 spiro atoms. The molecule has 1 aliphatic rings. The SMILES string of the molecule is CC(C)(C(=O)c1ccc(OCCOCCO)cc1)N1CCOCC1. The highest BCUT2D eigenvalue weighted by atomic mass is 16.5. The molecular formula is C18H27NO5. The van der Waals surface area contributed by atoms with Crippen LogP contribution in [0.3, 0.4) is 0 Å². The summed E-state index contributed by atoms with van der Waals surface area (Å²) in [7, 11) is 0. The van der Waals surface area contributed by atoms with Crippen LogP contribution in [0, 0.1) is 0 Å². The zero-order valence-corrected chi connectivity index (χ0v) is 14.5. The van der Waals surface area contributed by atoms with Gasteiger partial charge < -0.3 is 19.3 Å². The minimum absolute atomic E-state index is 0.00966. The third kappa shape index (κ3) is 5.01. The molecule has 2 rings (SSSR count). The van der Waals surface area contributed by atoms with Crippen LogP contribution in [0.25, 0.3) is 0 Å². The monoisotopic (exact) mass is 337 g/mol. The molecule has 0 amide bonds. The van der Waals surface area contributed by atoms with Crippen LogP contribution in [0.5, 0.6) is 5.75 Å². The minimum Gasteiger partial charge on any atom is -0.491 e. The lowest BCUT2D eigenvalue weighted by Gasteiger charge is -2.39. The second-order valence-electron chi connectivity index (χ2n) is 6.20. The van der Waals surface area contributed by atoms with Crippen molar-refractivity contribution in [1.82, 2.24) is 4.90 Å². The van der Waals surface area contributed by atoms with Gasteiger partial charge in [-0.2, -0.15) is 0 Å². The Kier molecular flexibility index (Phi) is 7.17. The standard InChI is InChI=1S/C18H27NO5/c1-18(2,19-7-10-22-11-8-19)17(21)15-3-5-16(6-4-15)24-14-13-23-12-9-20/h3-6,20H,7-14H2,1-2H3. The Bertz CT molecular complexity index is 509. The molecule has 1 N–H and O–H groups in total. The largest absolute Gasteiger partial charge is 0.491 e. The van der Waals surface area contributed by atoms with E-state index in [4.69, 9.17) is 19.3 Å². The van der Waals surface area contributed by atoms with Crippen molar-refractivity contribution in [1.29, 1.82) is 0 Å². The Morgan fingerprint density at radius 1 is 1.17 bits per heavy atom. The third-order valence-corrected chi connectivity index (χ3v) is 4.21. The number of Topliss-reactive ketones (excluding diaryl/α,β-unsaturated/α-hetero) is 1. The van der Waals surface area contributed by atoms with E-state index in [9.17, 15) is 4.79 Å². The fourth-order valence-corrected chi connectivity index (χ4v) is 2.71. The van der Waals surface area contributed by atoms with Gasteiger partial charge in [-0.15, -0.1) is 0 Å². The molecule has 0 aliphatic carbocycles. The van der Waals surface area contributed by atoms with Crippen LogP contribution >= 0.6 is 0 Å². The second-order valence-corrected chi connectivity index (χ2v) is 6.20. The van der Waals surface area contributed by atoms with Gasteiger partial charge in [0.2, 0.25) is 0 Å². The number of carbonyl (C=O) groups is 1. The van der Waals surface area contributed by atoms with Crippen molar-refractivity contribution in [2.75, 3.05) is 52.7 Å². The molecular weight excluding hydrogens is 310 g/mol. The van der Waals surface area contributed by atoms with E-state index in [1.54, 1.807) is 24.3 Å². The highest BCUT2D eigenvalue weighted by Crippen LogP contribution is 2.23. The van der Waals surface area contributed by atoms with Gasteiger partial charge in [0.1, 0.15) is 12.4 Å². The molecule has 24 heavy (non-hydrogen) atoms. The molecule has 6 heteroatoms. The molecule has 0 aromatic heterocycles. The van der Waals surface area contributed by atoms with E-state index < -0.39 is 5.54 Å². The topological polar surface area (TPSA) is 68.2 Å². The predicted octanol–water partition coefficient (Wildman–Crippen LogP) is 1.37. The Morgan fingerprint density at radius 2 is 1.83 bits per heavy atom. The van der Waals surface area contributed by atoms with Crippen molar-refractivity contribution in [3.8, 4) is 5.75 Å². The number of aliphatic hydroxyl groups excluding tert-OH is 1. The molecule has 0 unspecified atom stereocenters. The van der Waals surface area contributed by atoms with Gasteiger partial charge in [0.15, 0.2) is 5.78 Å². The maximum atomic E-state index is 12.8. The van der Waals surface area contributed by atoms with E-state index in [1.807, 2.05) is 13.8 Å². The Labute approximate surface area is 143 Å². The molecule has 1 fully saturated rings. The minimum atomic E-state index is -0.551. The van der Waals surface area contributed by atoms with E-state index >= 15 is 0 Å². The highest BCUT2D eigenvalue weighted by molar-refractivity contribution is 6.02. The number of rotatable bonds is 9. The molecule has 1 saturated heterocycles. The Morgan fingerprint density at radius 3 is 2.46 bits per heavy atom. The lowest BCUT2D eigenvalue weighted by molar-refractivity contribution is -0.00430. The molecule has 0 saturated carbocycles. The van der Waals surface area contributed by atoms with Gasteiger partial charge in [-0.25, -0.2) is 0 Å². The number of benzene rings is 1. The number of aliphatic hydroxyl groups is 1. The summed E-state index contributed by atoms with van der Waals surface area (Å²) in [5, 5.41) is 8.62. The summed E-state index contributed by atoms with van der Waals surface area (Å²) in [4.78, 5) is 15.0. The number of ether oxygens (including phenoxy) is 3. The van der Waals surface area contributed by atoms with Gasteiger partial charge in [-0.1, -0.05) is 0 Å². The first-order valence-corrected chi connectivity index (χ1v) is 8.35. The fraction of sp³-hybridized carbons (Fsp3) is 0.611. The molecule has 0 atom stereocenters. The van der Waals surface area contributed by atoms with Crippen molar-refractivity contribution >= 4 is 5.78 Å². The van der Waals surface area contributed by atoms with E-state index in [0.717, 1.165) is 13.1 Å². The molecule has 1 aliphatic heterocycles. The molecule has 1 heterocycles. The number of morpholine rings is 1. The van der Waals surface area contributed by atoms with Crippen LogP contribution in [-0.4, -0.2) is 74.1 Å². The van der Waals surface area contributed by atoms with Crippen molar-refractivity contribution in [2.24, 2.45) is 0 Å². The summed E-state index contributed by atoms with van der Waals surface area (Å²) in [6.07, 6.45) is 0. The Balaban J connectivity index is 1.90. The lowest BCUT2D eigenvalue weighted by Crippen LogP contribution is -2.54. The Hall–Kier alpha value is -1.47. The summed E-state index contributed by atoms with van der Waals surface area (Å²) >= 11 is 0. The number of hydrogen-bond donors (Lipinski definition) is 1. The normalized spacial score (nSPS) is 16.1. The fourth-order valence-electron chi connectivity index (χ4n) is 2.71. The molecule has 134 valence electrons. The maximum Gasteiger partial charge on any atom is 0.182 e. The first kappa shape index (κ1) is 18.9. The van der Waals surface area contributed by atoms with Crippen LogP contribution in [0.4, 0.5) is 0 Å². The van der Waals surface area contributed by atoms with Gasteiger partial charge in [0.05, 0.1) is 38.6 Å². The summed E-state index contributed by atoms with van der Waals surface area (Å²) in [6.45, 7) is 7.96. The first-order chi connectivity index (χ1) is 11.6. The van der Waals surface area contributed by atoms with Crippen molar-refractivity contribution in [2.45, 2.75) is 19.4 Å². The zero-order valence-electron chi connectivity index (χ0n) is 14.5. The molecule has 0 radical (unpaired) electrons. The smallest absolute Gasteiger partial charge is 0.182 e. The summed E-state index contributed by atoms with van der Waals surface area (Å²) < 4.78 is 16.0. The molecule has 0 bridgehead atoms. The average molecular weight is 337 g/mol. The lowest BCUT2D eigenvalue weighted by atomic mass is 9.91.